The zero-order valence-corrected chi connectivity index (χ0v) is 19.8. The molecule has 1 unspecified atom stereocenters. The molecule has 0 aliphatic heterocycles. The number of carbonyl (C=O) groups is 1. The smallest absolute Gasteiger partial charge is 0.244 e. The highest BCUT2D eigenvalue weighted by molar-refractivity contribution is 7.92. The monoisotopic (exact) mass is 468 g/mol. The molecule has 0 radical (unpaired) electrons. The van der Waals surface area contributed by atoms with Crippen molar-refractivity contribution in [1.82, 2.24) is 5.32 Å². The van der Waals surface area contributed by atoms with Gasteiger partial charge in [-0.1, -0.05) is 24.6 Å². The lowest BCUT2D eigenvalue weighted by molar-refractivity contribution is -0.122. The van der Waals surface area contributed by atoms with Gasteiger partial charge in [-0.05, 0) is 62.2 Å². The highest BCUT2D eigenvalue weighted by Gasteiger charge is 2.31. The number of hydrogen-bond acceptors (Lipinski definition) is 5. The minimum atomic E-state index is -3.70. The van der Waals surface area contributed by atoms with Gasteiger partial charge in [-0.3, -0.25) is 9.10 Å². The summed E-state index contributed by atoms with van der Waals surface area (Å²) in [6, 6.07) is 11.1. The van der Waals surface area contributed by atoms with Crippen LogP contribution in [0.15, 0.2) is 42.5 Å². The van der Waals surface area contributed by atoms with Crippen molar-refractivity contribution in [2.75, 3.05) is 30.3 Å². The summed E-state index contributed by atoms with van der Waals surface area (Å²) in [5.41, 5.74) is 1.35. The fourth-order valence-electron chi connectivity index (χ4n) is 3.04. The van der Waals surface area contributed by atoms with Crippen LogP contribution in [0.3, 0.4) is 0 Å². The molecule has 170 valence electrons. The number of rotatable bonds is 11. The lowest BCUT2D eigenvalue weighted by Gasteiger charge is -2.30. The summed E-state index contributed by atoms with van der Waals surface area (Å²) in [6.45, 7) is 6.49. The minimum Gasteiger partial charge on any atom is -0.494 e. The van der Waals surface area contributed by atoms with Crippen molar-refractivity contribution in [3.05, 3.63) is 53.1 Å². The zero-order chi connectivity index (χ0) is 23.0. The maximum Gasteiger partial charge on any atom is 0.244 e. The molecule has 0 fully saturated rings. The average Bonchev–Trinajstić information content (AvgIpc) is 2.72. The molecule has 0 spiro atoms. The van der Waals surface area contributed by atoms with Gasteiger partial charge in [-0.25, -0.2) is 8.42 Å². The SMILES string of the molecule is CCOc1ccc(N(C(CC)C(=O)NCCOc2ccc(C)c(Cl)c2)S(C)(=O)=O)cc1. The van der Waals surface area contributed by atoms with Crippen molar-refractivity contribution in [3.63, 3.8) is 0 Å². The van der Waals surface area contributed by atoms with Gasteiger partial charge >= 0.3 is 0 Å². The predicted octanol–water partition coefficient (Wildman–Crippen LogP) is 3.79. The Morgan fingerprint density at radius 2 is 1.74 bits per heavy atom. The van der Waals surface area contributed by atoms with Crippen LogP contribution >= 0.6 is 11.6 Å². The Hall–Kier alpha value is -2.45. The number of nitrogens with zero attached hydrogens (tertiary/aromatic N) is 1. The van der Waals surface area contributed by atoms with Crippen LogP contribution in [-0.4, -0.2) is 46.4 Å². The highest BCUT2D eigenvalue weighted by Crippen LogP contribution is 2.25. The van der Waals surface area contributed by atoms with E-state index >= 15 is 0 Å². The van der Waals surface area contributed by atoms with E-state index in [2.05, 4.69) is 5.32 Å². The number of anilines is 1. The summed E-state index contributed by atoms with van der Waals surface area (Å²) in [4.78, 5) is 12.8. The van der Waals surface area contributed by atoms with Gasteiger partial charge in [0.2, 0.25) is 15.9 Å². The summed E-state index contributed by atoms with van der Waals surface area (Å²) in [6.07, 6.45) is 1.39. The number of sulfonamides is 1. The quantitative estimate of drug-likeness (QED) is 0.507. The molecule has 2 aromatic rings. The minimum absolute atomic E-state index is 0.224. The van der Waals surface area contributed by atoms with E-state index in [9.17, 15) is 13.2 Å². The van der Waals surface area contributed by atoms with Gasteiger partial charge in [0.05, 0.1) is 25.1 Å². The Morgan fingerprint density at radius 1 is 1.10 bits per heavy atom. The molecule has 0 bridgehead atoms. The van der Waals surface area contributed by atoms with Crippen LogP contribution in [0.25, 0.3) is 0 Å². The first kappa shape index (κ1) is 24.8. The van der Waals surface area contributed by atoms with E-state index in [1.807, 2.05) is 19.9 Å². The van der Waals surface area contributed by atoms with Crippen molar-refractivity contribution in [2.45, 2.75) is 33.2 Å². The third-order valence-electron chi connectivity index (χ3n) is 4.55. The second-order valence-corrected chi connectivity index (χ2v) is 9.23. The number of amides is 1. The number of benzene rings is 2. The summed E-state index contributed by atoms with van der Waals surface area (Å²) >= 11 is 6.08. The molecule has 0 aliphatic rings. The number of halogens is 1. The van der Waals surface area contributed by atoms with E-state index in [1.54, 1.807) is 43.3 Å². The molecule has 0 aromatic heterocycles. The molecule has 0 aliphatic carbocycles. The normalized spacial score (nSPS) is 12.2. The summed E-state index contributed by atoms with van der Waals surface area (Å²) in [5, 5.41) is 3.36. The standard InChI is InChI=1S/C22H29ClN2O5S/c1-5-21(22(26)24-13-14-30-19-10-7-16(3)20(23)15-19)25(31(4,27)28)17-8-11-18(12-9-17)29-6-2/h7-12,15,21H,5-6,13-14H2,1-4H3,(H,24,26). The molecule has 7 nitrogen and oxygen atoms in total. The van der Waals surface area contributed by atoms with Crippen molar-refractivity contribution < 1.29 is 22.7 Å². The molecule has 2 rings (SSSR count). The average molecular weight is 469 g/mol. The molecule has 0 saturated carbocycles. The van der Waals surface area contributed by atoms with E-state index in [-0.39, 0.29) is 13.2 Å². The Kier molecular flexibility index (Phi) is 9.00. The van der Waals surface area contributed by atoms with Gasteiger partial charge in [-0.15, -0.1) is 0 Å². The number of nitrogens with one attached hydrogen (secondary N) is 1. The fraction of sp³-hybridized carbons (Fsp3) is 0.409. The zero-order valence-electron chi connectivity index (χ0n) is 18.2. The van der Waals surface area contributed by atoms with Crippen molar-refractivity contribution >= 4 is 33.2 Å². The van der Waals surface area contributed by atoms with Crippen LogP contribution in [0.5, 0.6) is 11.5 Å². The first-order chi connectivity index (χ1) is 14.7. The Labute approximate surface area is 189 Å². The molecular weight excluding hydrogens is 440 g/mol. The maximum atomic E-state index is 12.8. The Morgan fingerprint density at radius 3 is 2.29 bits per heavy atom. The van der Waals surface area contributed by atoms with Crippen LogP contribution < -0.4 is 19.1 Å². The molecular formula is C22H29ClN2O5S. The van der Waals surface area contributed by atoms with Crippen LogP contribution in [0, 0.1) is 6.92 Å². The van der Waals surface area contributed by atoms with Gasteiger partial charge in [0.15, 0.2) is 0 Å². The van der Waals surface area contributed by atoms with E-state index in [1.165, 1.54) is 0 Å². The van der Waals surface area contributed by atoms with E-state index in [0.29, 0.717) is 35.2 Å². The summed E-state index contributed by atoms with van der Waals surface area (Å²) in [7, 11) is -3.70. The van der Waals surface area contributed by atoms with Gasteiger partial charge in [-0.2, -0.15) is 0 Å². The number of carbonyl (C=O) groups excluding carboxylic acids is 1. The lowest BCUT2D eigenvalue weighted by atomic mass is 10.2. The van der Waals surface area contributed by atoms with Gasteiger partial charge < -0.3 is 14.8 Å². The highest BCUT2D eigenvalue weighted by atomic mass is 35.5. The van der Waals surface area contributed by atoms with Crippen LogP contribution in [0.4, 0.5) is 5.69 Å². The third-order valence-corrected chi connectivity index (χ3v) is 6.13. The van der Waals surface area contributed by atoms with Gasteiger partial charge in [0.1, 0.15) is 24.1 Å². The first-order valence-corrected chi connectivity index (χ1v) is 12.3. The Balaban J connectivity index is 2.05. The van der Waals surface area contributed by atoms with Crippen molar-refractivity contribution in [3.8, 4) is 11.5 Å². The molecule has 1 atom stereocenters. The van der Waals surface area contributed by atoms with Gasteiger partial charge in [0, 0.05) is 5.02 Å². The largest absolute Gasteiger partial charge is 0.494 e. The van der Waals surface area contributed by atoms with Gasteiger partial charge in [0.25, 0.3) is 0 Å². The number of hydrogen-bond donors (Lipinski definition) is 1. The molecule has 31 heavy (non-hydrogen) atoms. The summed E-state index contributed by atoms with van der Waals surface area (Å²) < 4.78 is 37.2. The van der Waals surface area contributed by atoms with Crippen LogP contribution in [0.2, 0.25) is 5.02 Å². The number of ether oxygens (including phenoxy) is 2. The molecule has 0 saturated heterocycles. The predicted molar refractivity (Wildman–Crippen MR) is 124 cm³/mol. The molecule has 1 N–H and O–H groups in total. The van der Waals surface area contributed by atoms with Crippen molar-refractivity contribution in [1.29, 1.82) is 0 Å². The topological polar surface area (TPSA) is 84.9 Å². The van der Waals surface area contributed by atoms with Crippen LogP contribution in [-0.2, 0) is 14.8 Å². The third kappa shape index (κ3) is 7.04. The van der Waals surface area contributed by atoms with Crippen LogP contribution in [0.1, 0.15) is 25.8 Å². The second kappa shape index (κ2) is 11.2. The van der Waals surface area contributed by atoms with E-state index in [4.69, 9.17) is 21.1 Å². The summed E-state index contributed by atoms with van der Waals surface area (Å²) in [5.74, 6) is 0.835. The van der Waals surface area contributed by atoms with E-state index in [0.717, 1.165) is 16.1 Å². The molecule has 0 heterocycles. The molecule has 1 amide bonds. The molecule has 9 heteroatoms. The fourth-order valence-corrected chi connectivity index (χ4v) is 4.42. The van der Waals surface area contributed by atoms with E-state index < -0.39 is 22.0 Å². The number of aryl methyl sites for hydroxylation is 1. The van der Waals surface area contributed by atoms with Crippen molar-refractivity contribution in [2.24, 2.45) is 0 Å². The Bertz CT molecular complexity index is 980. The first-order valence-electron chi connectivity index (χ1n) is 10.1. The lowest BCUT2D eigenvalue weighted by Crippen LogP contribution is -2.50. The molecule has 2 aromatic carbocycles. The second-order valence-electron chi connectivity index (χ2n) is 6.96. The maximum absolute atomic E-state index is 12.8.